The number of methoxy groups -OCH3 is 1. The summed E-state index contributed by atoms with van der Waals surface area (Å²) < 4.78 is 10.3. The minimum atomic E-state index is 0.509. The van der Waals surface area contributed by atoms with Gasteiger partial charge in [0.25, 0.3) is 0 Å². The van der Waals surface area contributed by atoms with Crippen LogP contribution in [-0.2, 0) is 4.74 Å². The molecule has 0 saturated carbocycles. The van der Waals surface area contributed by atoms with Crippen LogP contribution in [0.3, 0.4) is 0 Å². The third-order valence-corrected chi connectivity index (χ3v) is 3.49. The van der Waals surface area contributed by atoms with Crippen molar-refractivity contribution < 1.29 is 9.26 Å². The highest BCUT2D eigenvalue weighted by atomic mass is 16.5. The molecule has 0 radical (unpaired) electrons. The number of rotatable bonds is 6. The maximum atomic E-state index is 5.29. The fourth-order valence-corrected chi connectivity index (χ4v) is 2.37. The largest absolute Gasteiger partial charge is 0.383 e. The molecule has 0 atom stereocenters. The topological polar surface area (TPSA) is 98.8 Å². The lowest BCUT2D eigenvalue weighted by molar-refractivity contribution is 0.210. The van der Waals surface area contributed by atoms with Crippen LogP contribution in [-0.4, -0.2) is 45.4 Å². The van der Waals surface area contributed by atoms with Crippen LogP contribution in [0.4, 0.5) is 5.95 Å². The number of ether oxygens (including phenoxy) is 1. The van der Waals surface area contributed by atoms with E-state index in [0.717, 1.165) is 16.8 Å². The molecule has 3 aromatic rings. The fraction of sp³-hybridized carbons (Fsp3) is 0.312. The SMILES string of the molecule is COCCNc1ncc(-c2cnccn2)c(-c2c(C)noc2C)n1. The number of nitrogens with one attached hydrogen (secondary N) is 1. The second-order valence-electron chi connectivity index (χ2n) is 5.17. The maximum Gasteiger partial charge on any atom is 0.223 e. The number of hydrogen-bond acceptors (Lipinski definition) is 8. The quantitative estimate of drug-likeness (QED) is 0.689. The molecule has 0 aliphatic carbocycles. The van der Waals surface area contributed by atoms with Gasteiger partial charge in [0.2, 0.25) is 5.95 Å². The average molecular weight is 326 g/mol. The first-order valence-electron chi connectivity index (χ1n) is 7.50. The van der Waals surface area contributed by atoms with Gasteiger partial charge < -0.3 is 14.6 Å². The van der Waals surface area contributed by atoms with Crippen molar-refractivity contribution in [3.63, 3.8) is 0 Å². The molecule has 0 aliphatic heterocycles. The molecule has 0 unspecified atom stereocenters. The number of hydrogen-bond donors (Lipinski definition) is 1. The van der Waals surface area contributed by atoms with Gasteiger partial charge in [-0.25, -0.2) is 9.97 Å². The summed E-state index contributed by atoms with van der Waals surface area (Å²) >= 11 is 0. The molecule has 24 heavy (non-hydrogen) atoms. The minimum Gasteiger partial charge on any atom is -0.383 e. The molecule has 8 heteroatoms. The molecular formula is C16H18N6O2. The van der Waals surface area contributed by atoms with Crippen molar-refractivity contribution in [2.24, 2.45) is 0 Å². The Balaban J connectivity index is 2.09. The number of aryl methyl sites for hydroxylation is 2. The molecule has 3 heterocycles. The summed E-state index contributed by atoms with van der Waals surface area (Å²) in [6, 6.07) is 0. The zero-order valence-corrected chi connectivity index (χ0v) is 13.8. The van der Waals surface area contributed by atoms with E-state index in [4.69, 9.17) is 9.26 Å². The molecule has 124 valence electrons. The van der Waals surface area contributed by atoms with Crippen molar-refractivity contribution in [3.8, 4) is 22.5 Å². The molecule has 0 spiro atoms. The Morgan fingerprint density at radius 3 is 2.71 bits per heavy atom. The van der Waals surface area contributed by atoms with E-state index >= 15 is 0 Å². The summed E-state index contributed by atoms with van der Waals surface area (Å²) in [6.07, 6.45) is 6.67. The van der Waals surface area contributed by atoms with Crippen LogP contribution in [0.25, 0.3) is 22.5 Å². The van der Waals surface area contributed by atoms with Crippen LogP contribution in [0.2, 0.25) is 0 Å². The maximum absolute atomic E-state index is 5.29. The molecular weight excluding hydrogens is 308 g/mol. The third kappa shape index (κ3) is 3.23. The highest BCUT2D eigenvalue weighted by Crippen LogP contribution is 2.33. The molecule has 0 saturated heterocycles. The normalized spacial score (nSPS) is 10.8. The van der Waals surface area contributed by atoms with Gasteiger partial charge in [0.15, 0.2) is 0 Å². The summed E-state index contributed by atoms with van der Waals surface area (Å²) in [5, 5.41) is 7.15. The van der Waals surface area contributed by atoms with Crippen LogP contribution in [0.15, 0.2) is 29.3 Å². The minimum absolute atomic E-state index is 0.509. The van der Waals surface area contributed by atoms with Crippen molar-refractivity contribution in [3.05, 3.63) is 36.2 Å². The lowest BCUT2D eigenvalue weighted by Crippen LogP contribution is -2.11. The van der Waals surface area contributed by atoms with Gasteiger partial charge in [-0.15, -0.1) is 0 Å². The molecule has 1 N–H and O–H groups in total. The van der Waals surface area contributed by atoms with Crippen molar-refractivity contribution in [1.29, 1.82) is 0 Å². The van der Waals surface area contributed by atoms with E-state index in [0.29, 0.717) is 36.2 Å². The van der Waals surface area contributed by atoms with Crippen molar-refractivity contribution in [2.75, 3.05) is 25.6 Å². The monoisotopic (exact) mass is 326 g/mol. The summed E-state index contributed by atoms with van der Waals surface area (Å²) in [7, 11) is 1.65. The van der Waals surface area contributed by atoms with Gasteiger partial charge >= 0.3 is 0 Å². The van der Waals surface area contributed by atoms with Gasteiger partial charge in [0, 0.05) is 37.8 Å². The summed E-state index contributed by atoms with van der Waals surface area (Å²) in [5.41, 5.74) is 3.78. The first-order valence-corrected chi connectivity index (χ1v) is 7.50. The van der Waals surface area contributed by atoms with E-state index in [9.17, 15) is 0 Å². The van der Waals surface area contributed by atoms with Gasteiger partial charge in [0.1, 0.15) is 5.76 Å². The smallest absolute Gasteiger partial charge is 0.223 e. The first kappa shape index (κ1) is 16.0. The Morgan fingerprint density at radius 1 is 1.17 bits per heavy atom. The van der Waals surface area contributed by atoms with Gasteiger partial charge in [-0.2, -0.15) is 0 Å². The van der Waals surface area contributed by atoms with Crippen LogP contribution < -0.4 is 5.32 Å². The number of anilines is 1. The summed E-state index contributed by atoms with van der Waals surface area (Å²) in [4.78, 5) is 17.5. The zero-order valence-electron chi connectivity index (χ0n) is 13.8. The summed E-state index contributed by atoms with van der Waals surface area (Å²) in [6.45, 7) is 4.92. The molecule has 3 rings (SSSR count). The van der Waals surface area contributed by atoms with E-state index in [1.54, 1.807) is 31.9 Å². The molecule has 8 nitrogen and oxygen atoms in total. The zero-order chi connectivity index (χ0) is 16.9. The molecule has 3 aromatic heterocycles. The van der Waals surface area contributed by atoms with E-state index in [2.05, 4.69) is 30.4 Å². The first-order chi connectivity index (χ1) is 11.7. The fourth-order valence-electron chi connectivity index (χ4n) is 2.37. The molecule has 0 aromatic carbocycles. The predicted molar refractivity (Wildman–Crippen MR) is 88.4 cm³/mol. The lowest BCUT2D eigenvalue weighted by Gasteiger charge is -2.10. The highest BCUT2D eigenvalue weighted by Gasteiger charge is 2.19. The van der Waals surface area contributed by atoms with Gasteiger partial charge in [-0.3, -0.25) is 9.97 Å². The molecule has 0 bridgehead atoms. The van der Waals surface area contributed by atoms with Crippen molar-refractivity contribution in [1.82, 2.24) is 25.1 Å². The average Bonchev–Trinajstić information content (AvgIpc) is 2.94. The second kappa shape index (κ2) is 7.14. The Labute approximate surface area is 139 Å². The van der Waals surface area contributed by atoms with Gasteiger partial charge in [0.05, 0.1) is 35.4 Å². The third-order valence-electron chi connectivity index (χ3n) is 3.49. The Hall–Kier alpha value is -2.87. The van der Waals surface area contributed by atoms with E-state index < -0.39 is 0 Å². The van der Waals surface area contributed by atoms with Gasteiger partial charge in [-0.05, 0) is 13.8 Å². The Bertz CT molecular complexity index is 799. The van der Waals surface area contributed by atoms with Crippen molar-refractivity contribution in [2.45, 2.75) is 13.8 Å². The van der Waals surface area contributed by atoms with Crippen LogP contribution in [0, 0.1) is 13.8 Å². The molecule has 0 amide bonds. The Kier molecular flexibility index (Phi) is 4.76. The van der Waals surface area contributed by atoms with Gasteiger partial charge in [-0.1, -0.05) is 5.16 Å². The summed E-state index contributed by atoms with van der Waals surface area (Å²) in [5.74, 6) is 1.20. The number of aromatic nitrogens is 5. The van der Waals surface area contributed by atoms with Crippen LogP contribution in [0.1, 0.15) is 11.5 Å². The second-order valence-corrected chi connectivity index (χ2v) is 5.17. The van der Waals surface area contributed by atoms with Crippen LogP contribution >= 0.6 is 0 Å². The van der Waals surface area contributed by atoms with Crippen LogP contribution in [0.5, 0.6) is 0 Å². The lowest BCUT2D eigenvalue weighted by atomic mass is 10.0. The molecule has 0 aliphatic rings. The van der Waals surface area contributed by atoms with E-state index in [-0.39, 0.29) is 0 Å². The van der Waals surface area contributed by atoms with Crippen molar-refractivity contribution >= 4 is 5.95 Å². The number of nitrogens with zero attached hydrogens (tertiary/aromatic N) is 5. The molecule has 0 fully saturated rings. The van der Waals surface area contributed by atoms with E-state index in [1.807, 2.05) is 13.8 Å². The standard InChI is InChI=1S/C16H18N6O2/c1-10-14(11(2)24-22-10)15-12(13-9-17-4-5-18-13)8-20-16(21-15)19-6-7-23-3/h4-5,8-9H,6-7H2,1-3H3,(H,19,20,21). The highest BCUT2D eigenvalue weighted by molar-refractivity contribution is 5.80. The predicted octanol–water partition coefficient (Wildman–Crippen LogP) is 2.26. The van der Waals surface area contributed by atoms with E-state index in [1.165, 1.54) is 0 Å². The Morgan fingerprint density at radius 2 is 2.04 bits per heavy atom.